The average Bonchev–Trinajstić information content (AvgIpc) is 2.99. The summed E-state index contributed by atoms with van der Waals surface area (Å²) >= 11 is 0. The zero-order valence-corrected chi connectivity index (χ0v) is 8.62. The minimum atomic E-state index is -1.90. The zero-order valence-electron chi connectivity index (χ0n) is 8.62. The summed E-state index contributed by atoms with van der Waals surface area (Å²) in [5.74, 6) is -1.02. The van der Waals surface area contributed by atoms with Gasteiger partial charge in [0.2, 0.25) is 6.17 Å². The van der Waals surface area contributed by atoms with Crippen LogP contribution in [-0.4, -0.2) is 29.5 Å². The molecule has 4 heteroatoms. The molecular weight excluding hydrogens is 187 g/mol. The Kier molecular flexibility index (Phi) is 3.48. The Labute approximate surface area is 83.3 Å². The third kappa shape index (κ3) is 2.05. The fraction of sp³-hybridized carbons (Fsp3) is 0.900. The first kappa shape index (κ1) is 11.4. The molecule has 0 bridgehead atoms. The van der Waals surface area contributed by atoms with Crippen molar-refractivity contribution in [3.8, 4) is 0 Å². The molecule has 2 unspecified atom stereocenters. The summed E-state index contributed by atoms with van der Waals surface area (Å²) in [6.45, 7) is 3.45. The average molecular weight is 204 g/mol. The number of hydrogen-bond acceptors (Lipinski definition) is 3. The normalized spacial score (nSPS) is 22.6. The molecule has 82 valence electrons. The molecule has 1 aliphatic rings. The number of rotatable bonds is 5. The lowest BCUT2D eigenvalue weighted by atomic mass is 9.89. The summed E-state index contributed by atoms with van der Waals surface area (Å²) in [5, 5.41) is 9.95. The number of carbonyl (C=O) groups excluding carboxylic acids is 1. The molecule has 0 heterocycles. The Hall–Kier alpha value is -0.640. The van der Waals surface area contributed by atoms with E-state index in [9.17, 15) is 14.3 Å². The smallest absolute Gasteiger partial charge is 0.343 e. The van der Waals surface area contributed by atoms with Crippen molar-refractivity contribution in [2.24, 2.45) is 5.92 Å². The quantitative estimate of drug-likeness (QED) is 0.689. The van der Waals surface area contributed by atoms with E-state index in [4.69, 9.17) is 0 Å². The van der Waals surface area contributed by atoms with Gasteiger partial charge in [0, 0.05) is 0 Å². The predicted molar refractivity (Wildman–Crippen MR) is 49.5 cm³/mol. The van der Waals surface area contributed by atoms with Gasteiger partial charge in [-0.2, -0.15) is 0 Å². The Morgan fingerprint density at radius 2 is 2.21 bits per heavy atom. The maximum absolute atomic E-state index is 13.6. The molecule has 0 aromatic heterocycles. The SMILES string of the molecule is CCOC(=O)C(F)C(O)(CC)C1CC1. The van der Waals surface area contributed by atoms with E-state index in [0.717, 1.165) is 12.8 Å². The highest BCUT2D eigenvalue weighted by atomic mass is 19.1. The second kappa shape index (κ2) is 4.26. The lowest BCUT2D eigenvalue weighted by molar-refractivity contribution is -0.163. The number of halogens is 1. The van der Waals surface area contributed by atoms with Crippen molar-refractivity contribution in [1.82, 2.24) is 0 Å². The second-order valence-corrected chi connectivity index (χ2v) is 3.73. The zero-order chi connectivity index (χ0) is 10.8. The maximum atomic E-state index is 13.6. The molecule has 0 aliphatic heterocycles. The number of ether oxygens (including phenoxy) is 1. The molecule has 2 atom stereocenters. The molecule has 14 heavy (non-hydrogen) atoms. The standard InChI is InChI=1S/C10H17FO3/c1-3-10(13,7-5-6-7)8(11)9(12)14-4-2/h7-8,13H,3-6H2,1-2H3. The molecule has 1 N–H and O–H groups in total. The highest BCUT2D eigenvalue weighted by molar-refractivity contribution is 5.76. The first-order chi connectivity index (χ1) is 6.56. The van der Waals surface area contributed by atoms with Crippen LogP contribution in [0.25, 0.3) is 0 Å². The van der Waals surface area contributed by atoms with Gasteiger partial charge in [-0.25, -0.2) is 9.18 Å². The summed E-state index contributed by atoms with van der Waals surface area (Å²) in [6, 6.07) is 0. The van der Waals surface area contributed by atoms with Crippen molar-refractivity contribution in [2.75, 3.05) is 6.61 Å². The second-order valence-electron chi connectivity index (χ2n) is 3.73. The van der Waals surface area contributed by atoms with Gasteiger partial charge in [-0.15, -0.1) is 0 Å². The lowest BCUT2D eigenvalue weighted by Gasteiger charge is -2.28. The summed E-state index contributed by atoms with van der Waals surface area (Å²) in [6.07, 6.45) is -0.0636. The van der Waals surface area contributed by atoms with E-state index >= 15 is 0 Å². The van der Waals surface area contributed by atoms with Gasteiger partial charge >= 0.3 is 5.97 Å². The maximum Gasteiger partial charge on any atom is 0.343 e. The molecule has 1 aliphatic carbocycles. The molecule has 1 fully saturated rings. The molecule has 0 spiro atoms. The summed E-state index contributed by atoms with van der Waals surface area (Å²) < 4.78 is 18.2. The Bertz CT molecular complexity index is 215. The van der Waals surface area contributed by atoms with Crippen molar-refractivity contribution < 1.29 is 19.0 Å². The van der Waals surface area contributed by atoms with E-state index in [1.165, 1.54) is 0 Å². The van der Waals surface area contributed by atoms with Crippen LogP contribution in [0.3, 0.4) is 0 Å². The van der Waals surface area contributed by atoms with Crippen LogP contribution in [0.1, 0.15) is 33.1 Å². The molecule has 3 nitrogen and oxygen atoms in total. The van der Waals surface area contributed by atoms with Crippen LogP contribution in [0, 0.1) is 5.92 Å². The fourth-order valence-electron chi connectivity index (χ4n) is 1.68. The summed E-state index contributed by atoms with van der Waals surface area (Å²) in [7, 11) is 0. The van der Waals surface area contributed by atoms with E-state index in [1.807, 2.05) is 0 Å². The number of aliphatic hydroxyl groups is 1. The van der Waals surface area contributed by atoms with E-state index in [2.05, 4.69) is 4.74 Å². The Balaban J connectivity index is 2.63. The van der Waals surface area contributed by atoms with E-state index in [1.54, 1.807) is 13.8 Å². The highest BCUT2D eigenvalue weighted by Crippen LogP contribution is 2.44. The lowest BCUT2D eigenvalue weighted by Crippen LogP contribution is -2.46. The molecule has 0 amide bonds. The van der Waals surface area contributed by atoms with Crippen LogP contribution in [0.5, 0.6) is 0 Å². The highest BCUT2D eigenvalue weighted by Gasteiger charge is 2.52. The molecule has 1 rings (SSSR count). The number of hydrogen-bond donors (Lipinski definition) is 1. The van der Waals surface area contributed by atoms with Crippen LogP contribution in [-0.2, 0) is 9.53 Å². The third-order valence-electron chi connectivity index (χ3n) is 2.78. The van der Waals surface area contributed by atoms with Gasteiger partial charge in [-0.3, -0.25) is 0 Å². The van der Waals surface area contributed by atoms with Crippen LogP contribution >= 0.6 is 0 Å². The Morgan fingerprint density at radius 3 is 2.57 bits per heavy atom. The Morgan fingerprint density at radius 1 is 1.64 bits per heavy atom. The monoisotopic (exact) mass is 204 g/mol. The topological polar surface area (TPSA) is 46.5 Å². The van der Waals surface area contributed by atoms with Crippen molar-refractivity contribution in [3.05, 3.63) is 0 Å². The van der Waals surface area contributed by atoms with Gasteiger partial charge in [0.05, 0.1) is 6.61 Å². The van der Waals surface area contributed by atoms with Crippen LogP contribution < -0.4 is 0 Å². The molecule has 0 aromatic carbocycles. The first-order valence-corrected chi connectivity index (χ1v) is 5.09. The van der Waals surface area contributed by atoms with Crippen molar-refractivity contribution in [3.63, 3.8) is 0 Å². The number of esters is 1. The number of carbonyl (C=O) groups is 1. The molecule has 0 aromatic rings. The summed E-state index contributed by atoms with van der Waals surface area (Å²) in [5.41, 5.74) is -1.51. The fourth-order valence-corrected chi connectivity index (χ4v) is 1.68. The minimum Gasteiger partial charge on any atom is -0.464 e. The van der Waals surface area contributed by atoms with Gasteiger partial charge in [0.15, 0.2) is 0 Å². The first-order valence-electron chi connectivity index (χ1n) is 5.09. The molecular formula is C10H17FO3. The van der Waals surface area contributed by atoms with Crippen LogP contribution in [0.15, 0.2) is 0 Å². The third-order valence-corrected chi connectivity index (χ3v) is 2.78. The minimum absolute atomic E-state index is 0.0769. The van der Waals surface area contributed by atoms with Gasteiger partial charge in [-0.1, -0.05) is 6.92 Å². The van der Waals surface area contributed by atoms with Crippen molar-refractivity contribution in [1.29, 1.82) is 0 Å². The van der Waals surface area contributed by atoms with Crippen LogP contribution in [0.2, 0.25) is 0 Å². The largest absolute Gasteiger partial charge is 0.464 e. The molecule has 0 saturated heterocycles. The van der Waals surface area contributed by atoms with Gasteiger partial charge in [0.1, 0.15) is 5.60 Å². The van der Waals surface area contributed by atoms with Gasteiger partial charge < -0.3 is 9.84 Å². The summed E-state index contributed by atoms with van der Waals surface area (Å²) in [4.78, 5) is 11.1. The molecule has 1 saturated carbocycles. The molecule has 0 radical (unpaired) electrons. The van der Waals surface area contributed by atoms with Crippen molar-refractivity contribution in [2.45, 2.75) is 44.9 Å². The predicted octanol–water partition coefficient (Wildman–Crippen LogP) is 1.44. The van der Waals surface area contributed by atoms with E-state index in [-0.39, 0.29) is 18.9 Å². The van der Waals surface area contributed by atoms with Gasteiger partial charge in [0.25, 0.3) is 0 Å². The van der Waals surface area contributed by atoms with E-state index in [0.29, 0.717) is 0 Å². The van der Waals surface area contributed by atoms with Crippen LogP contribution in [0.4, 0.5) is 4.39 Å². The van der Waals surface area contributed by atoms with E-state index < -0.39 is 17.7 Å². The van der Waals surface area contributed by atoms with Gasteiger partial charge in [-0.05, 0) is 32.1 Å². The number of alkyl halides is 1. The van der Waals surface area contributed by atoms with Crippen molar-refractivity contribution >= 4 is 5.97 Å².